The number of hydrogen-bond acceptors (Lipinski definition) is 5. The number of amides is 1. The van der Waals surface area contributed by atoms with Crippen molar-refractivity contribution in [1.29, 1.82) is 0 Å². The molecule has 0 spiro atoms. The van der Waals surface area contributed by atoms with Gasteiger partial charge in [0, 0.05) is 24.5 Å². The van der Waals surface area contributed by atoms with Gasteiger partial charge in [0.1, 0.15) is 11.6 Å². The maximum absolute atomic E-state index is 12.4. The van der Waals surface area contributed by atoms with Crippen molar-refractivity contribution in [1.82, 2.24) is 14.9 Å². The normalized spacial score (nSPS) is 10.9. The second-order valence-electron chi connectivity index (χ2n) is 9.35. The molecule has 1 heterocycles. The lowest BCUT2D eigenvalue weighted by Crippen LogP contribution is -2.26. The lowest BCUT2D eigenvalue weighted by atomic mass is 10.1. The van der Waals surface area contributed by atoms with Gasteiger partial charge in [0.15, 0.2) is 11.5 Å². The van der Waals surface area contributed by atoms with Gasteiger partial charge in [0.25, 0.3) is 0 Å². The molecule has 7 nitrogen and oxygen atoms in total. The van der Waals surface area contributed by atoms with Crippen LogP contribution in [0.15, 0.2) is 66.7 Å². The van der Waals surface area contributed by atoms with E-state index >= 15 is 0 Å². The van der Waals surface area contributed by atoms with Gasteiger partial charge in [0.05, 0.1) is 38.3 Å². The van der Waals surface area contributed by atoms with Crippen molar-refractivity contribution >= 4 is 28.5 Å². The number of carbonyl (C=O) groups excluding carboxylic acids is 1. The van der Waals surface area contributed by atoms with E-state index in [1.54, 1.807) is 14.2 Å². The number of imidazole rings is 1. The highest BCUT2D eigenvalue weighted by Crippen LogP contribution is 2.27. The molecule has 0 saturated carbocycles. The third kappa shape index (κ3) is 8.14. The Hall–Kier alpha value is -3.71. The molecule has 4 rings (SSSR count). The lowest BCUT2D eigenvalue weighted by molar-refractivity contribution is -0.120. The number of hydrogen-bond donors (Lipinski definition) is 1. The van der Waals surface area contributed by atoms with Crippen LogP contribution in [0.1, 0.15) is 37.1 Å². The van der Waals surface area contributed by atoms with Crippen LogP contribution in [0.25, 0.3) is 11.0 Å². The van der Waals surface area contributed by atoms with Crippen molar-refractivity contribution in [2.75, 3.05) is 27.4 Å². The van der Waals surface area contributed by atoms with E-state index in [0.29, 0.717) is 36.1 Å². The number of unbranched alkanes of at least 4 members (excludes halogenated alkanes) is 2. The van der Waals surface area contributed by atoms with Crippen LogP contribution >= 0.6 is 11.6 Å². The molecule has 1 aromatic heterocycles. The fourth-order valence-corrected chi connectivity index (χ4v) is 4.69. The van der Waals surface area contributed by atoms with Gasteiger partial charge in [-0.3, -0.25) is 4.79 Å². The molecule has 206 valence electrons. The Morgan fingerprint density at radius 1 is 0.923 bits per heavy atom. The van der Waals surface area contributed by atoms with Crippen LogP contribution in [-0.4, -0.2) is 42.8 Å². The van der Waals surface area contributed by atoms with Crippen molar-refractivity contribution < 1.29 is 19.0 Å². The number of aryl methyl sites for hydroxylation is 2. The smallest absolute Gasteiger partial charge is 0.224 e. The van der Waals surface area contributed by atoms with E-state index < -0.39 is 0 Å². The summed E-state index contributed by atoms with van der Waals surface area (Å²) in [6, 6.07) is 21.3. The third-order valence-corrected chi connectivity index (χ3v) is 6.81. The fraction of sp³-hybridized carbons (Fsp3) is 0.355. The minimum atomic E-state index is 0.00447. The molecule has 0 saturated heterocycles. The zero-order chi connectivity index (χ0) is 27.5. The SMILES string of the molecule is COc1ccc(CC(=O)NCCCCCc2nc3ccccc3n2CCCOc2ccc(Cl)cc2)cc1OC. The quantitative estimate of drug-likeness (QED) is 0.177. The average molecular weight is 550 g/mol. The van der Waals surface area contributed by atoms with Gasteiger partial charge in [-0.15, -0.1) is 0 Å². The second-order valence-corrected chi connectivity index (χ2v) is 9.79. The highest BCUT2D eigenvalue weighted by atomic mass is 35.5. The van der Waals surface area contributed by atoms with E-state index in [1.807, 2.05) is 48.5 Å². The number of nitrogens with zero attached hydrogens (tertiary/aromatic N) is 2. The summed E-state index contributed by atoms with van der Waals surface area (Å²) >= 11 is 5.95. The van der Waals surface area contributed by atoms with Crippen molar-refractivity contribution in [2.45, 2.75) is 45.1 Å². The first-order valence-corrected chi connectivity index (χ1v) is 13.8. The Balaban J connectivity index is 1.20. The number of rotatable bonds is 15. The van der Waals surface area contributed by atoms with E-state index in [1.165, 1.54) is 0 Å². The van der Waals surface area contributed by atoms with E-state index in [9.17, 15) is 4.79 Å². The number of nitrogens with one attached hydrogen (secondary N) is 1. The molecule has 0 aliphatic rings. The molecule has 1 amide bonds. The number of benzene rings is 3. The molecule has 3 aromatic carbocycles. The van der Waals surface area contributed by atoms with E-state index in [0.717, 1.165) is 66.8 Å². The van der Waals surface area contributed by atoms with Crippen LogP contribution in [0.3, 0.4) is 0 Å². The Bertz CT molecular complexity index is 1350. The van der Waals surface area contributed by atoms with Crippen LogP contribution < -0.4 is 19.5 Å². The van der Waals surface area contributed by atoms with Crippen LogP contribution in [-0.2, 0) is 24.2 Å². The summed E-state index contributed by atoms with van der Waals surface area (Å²) in [5, 5.41) is 3.73. The van der Waals surface area contributed by atoms with Crippen molar-refractivity contribution in [3.05, 3.63) is 83.1 Å². The van der Waals surface area contributed by atoms with Gasteiger partial charge in [-0.25, -0.2) is 4.98 Å². The molecular weight excluding hydrogens is 514 g/mol. The summed E-state index contributed by atoms with van der Waals surface area (Å²) in [4.78, 5) is 17.3. The summed E-state index contributed by atoms with van der Waals surface area (Å²) < 4.78 is 18.8. The summed E-state index contributed by atoms with van der Waals surface area (Å²) in [7, 11) is 3.19. The van der Waals surface area contributed by atoms with Crippen LogP contribution in [0.2, 0.25) is 5.02 Å². The van der Waals surface area contributed by atoms with Crippen LogP contribution in [0, 0.1) is 0 Å². The first-order valence-electron chi connectivity index (χ1n) is 13.4. The summed E-state index contributed by atoms with van der Waals surface area (Å²) in [6.45, 7) is 2.12. The predicted octanol–water partition coefficient (Wildman–Crippen LogP) is 6.25. The minimum Gasteiger partial charge on any atom is -0.494 e. The first kappa shape index (κ1) is 28.3. The highest BCUT2D eigenvalue weighted by Gasteiger charge is 2.11. The molecule has 0 aliphatic heterocycles. The molecule has 1 N–H and O–H groups in total. The molecule has 0 aliphatic carbocycles. The minimum absolute atomic E-state index is 0.00447. The standard InChI is InChI=1S/C31H36ClN3O4/c1-37-28-17-12-23(21-29(28)38-2)22-31(36)33-18-7-3-4-11-30-34-26-9-5-6-10-27(26)35(30)19-8-20-39-25-15-13-24(32)14-16-25/h5-6,9-10,12-17,21H,3-4,7-8,11,18-20,22H2,1-2H3,(H,33,36). The molecular formula is C31H36ClN3O4. The zero-order valence-corrected chi connectivity index (χ0v) is 23.4. The van der Waals surface area contributed by atoms with E-state index in [-0.39, 0.29) is 5.91 Å². The van der Waals surface area contributed by atoms with Gasteiger partial charge in [-0.2, -0.15) is 0 Å². The lowest BCUT2D eigenvalue weighted by Gasteiger charge is -2.11. The van der Waals surface area contributed by atoms with Gasteiger partial charge >= 0.3 is 0 Å². The topological polar surface area (TPSA) is 74.6 Å². The Labute approximate surface area is 235 Å². The maximum atomic E-state index is 12.4. The Kier molecular flexibility index (Phi) is 10.5. The van der Waals surface area contributed by atoms with Gasteiger partial charge < -0.3 is 24.1 Å². The summed E-state index contributed by atoms with van der Waals surface area (Å²) in [5.74, 6) is 3.21. The van der Waals surface area contributed by atoms with Gasteiger partial charge in [0.2, 0.25) is 5.91 Å². The number of fused-ring (bicyclic) bond motifs is 1. The Morgan fingerprint density at radius 3 is 2.51 bits per heavy atom. The molecule has 39 heavy (non-hydrogen) atoms. The van der Waals surface area contributed by atoms with Crippen LogP contribution in [0.4, 0.5) is 0 Å². The first-order chi connectivity index (χ1) is 19.1. The zero-order valence-electron chi connectivity index (χ0n) is 22.6. The molecule has 0 unspecified atom stereocenters. The number of carbonyl (C=O) groups is 1. The molecule has 0 bridgehead atoms. The number of methoxy groups -OCH3 is 2. The highest BCUT2D eigenvalue weighted by molar-refractivity contribution is 6.30. The largest absolute Gasteiger partial charge is 0.494 e. The number of ether oxygens (including phenoxy) is 3. The second kappa shape index (κ2) is 14.4. The number of aromatic nitrogens is 2. The van der Waals surface area contributed by atoms with Crippen LogP contribution in [0.5, 0.6) is 17.2 Å². The molecule has 4 aromatic rings. The molecule has 0 radical (unpaired) electrons. The summed E-state index contributed by atoms with van der Waals surface area (Å²) in [5.41, 5.74) is 3.07. The van der Waals surface area contributed by atoms with Gasteiger partial charge in [-0.05, 0) is 73.4 Å². The predicted molar refractivity (Wildman–Crippen MR) is 155 cm³/mol. The monoisotopic (exact) mass is 549 g/mol. The summed E-state index contributed by atoms with van der Waals surface area (Å²) in [6.07, 6.45) is 5.03. The van der Waals surface area contributed by atoms with Gasteiger partial charge in [-0.1, -0.05) is 36.2 Å². The molecule has 0 atom stereocenters. The van der Waals surface area contributed by atoms with Crippen molar-refractivity contribution in [2.24, 2.45) is 0 Å². The number of para-hydroxylation sites is 2. The van der Waals surface area contributed by atoms with E-state index in [2.05, 4.69) is 28.1 Å². The number of halogens is 1. The fourth-order valence-electron chi connectivity index (χ4n) is 4.56. The molecule has 8 heteroatoms. The van der Waals surface area contributed by atoms with Crippen molar-refractivity contribution in [3.63, 3.8) is 0 Å². The van der Waals surface area contributed by atoms with E-state index in [4.69, 9.17) is 30.8 Å². The van der Waals surface area contributed by atoms with Crippen molar-refractivity contribution in [3.8, 4) is 17.2 Å². The Morgan fingerprint density at radius 2 is 1.72 bits per heavy atom. The molecule has 0 fully saturated rings. The average Bonchev–Trinajstić information content (AvgIpc) is 3.31. The third-order valence-electron chi connectivity index (χ3n) is 6.55. The maximum Gasteiger partial charge on any atom is 0.224 e.